The predicted octanol–water partition coefficient (Wildman–Crippen LogP) is 6.44. The Balaban J connectivity index is 1.53. The number of nitrogens with zero attached hydrogens (tertiary/aromatic N) is 1. The summed E-state index contributed by atoms with van der Waals surface area (Å²) in [6.45, 7) is 0.393. The number of rotatable bonds is 7. The van der Waals surface area contributed by atoms with Gasteiger partial charge in [0.2, 0.25) is 0 Å². The van der Waals surface area contributed by atoms with E-state index in [1.807, 2.05) is 18.2 Å². The van der Waals surface area contributed by atoms with Gasteiger partial charge in [-0.05, 0) is 63.5 Å². The number of carbonyl (C=O) groups is 2. The fourth-order valence-corrected chi connectivity index (χ4v) is 4.27. The molecule has 34 heavy (non-hydrogen) atoms. The second-order valence-corrected chi connectivity index (χ2v) is 9.12. The van der Waals surface area contributed by atoms with E-state index in [1.165, 1.54) is 7.11 Å². The quantitative estimate of drug-likeness (QED) is 0.266. The Morgan fingerprint density at radius 3 is 2.50 bits per heavy atom. The highest BCUT2D eigenvalue weighted by Crippen LogP contribution is 2.38. The Bertz CT molecular complexity index is 1280. The molecule has 0 atom stereocenters. The van der Waals surface area contributed by atoms with Gasteiger partial charge >= 0.3 is 6.03 Å². The van der Waals surface area contributed by atoms with Crippen LogP contribution in [-0.4, -0.2) is 23.9 Å². The van der Waals surface area contributed by atoms with E-state index < -0.39 is 11.9 Å². The third-order valence-electron chi connectivity index (χ3n) is 5.11. The molecule has 3 aromatic carbocycles. The third kappa shape index (κ3) is 5.38. The molecule has 6 nitrogen and oxygen atoms in total. The summed E-state index contributed by atoms with van der Waals surface area (Å²) >= 11 is 15.6. The van der Waals surface area contributed by atoms with E-state index in [0.29, 0.717) is 31.6 Å². The first-order valence-corrected chi connectivity index (χ1v) is 11.7. The second-order valence-electron chi connectivity index (χ2n) is 7.42. The molecule has 1 heterocycles. The Labute approximate surface area is 215 Å². The molecule has 0 spiro atoms. The molecule has 1 aliphatic rings. The van der Waals surface area contributed by atoms with E-state index in [2.05, 4.69) is 21.2 Å². The molecule has 3 aromatic rings. The van der Waals surface area contributed by atoms with Gasteiger partial charge in [0.1, 0.15) is 12.3 Å². The van der Waals surface area contributed by atoms with Gasteiger partial charge < -0.3 is 14.8 Å². The summed E-state index contributed by atoms with van der Waals surface area (Å²) < 4.78 is 12.1. The molecule has 1 fully saturated rings. The zero-order chi connectivity index (χ0) is 24.2. The Hall–Kier alpha value is -3.00. The highest BCUT2D eigenvalue weighted by Gasteiger charge is 2.33. The maximum atomic E-state index is 12.9. The van der Waals surface area contributed by atoms with E-state index >= 15 is 0 Å². The van der Waals surface area contributed by atoms with Gasteiger partial charge in [0, 0.05) is 15.6 Å². The van der Waals surface area contributed by atoms with E-state index in [4.69, 9.17) is 32.7 Å². The number of methoxy groups -OCH3 is 1. The molecular weight excluding hydrogens is 543 g/mol. The maximum Gasteiger partial charge on any atom is 0.329 e. The molecule has 9 heteroatoms. The molecule has 0 aromatic heterocycles. The number of benzene rings is 3. The van der Waals surface area contributed by atoms with Crippen LogP contribution in [0.25, 0.3) is 6.08 Å². The zero-order valence-corrected chi connectivity index (χ0v) is 21.1. The van der Waals surface area contributed by atoms with Crippen molar-refractivity contribution in [2.75, 3.05) is 7.11 Å². The van der Waals surface area contributed by atoms with Crippen LogP contribution in [0.2, 0.25) is 10.0 Å². The fourth-order valence-electron chi connectivity index (χ4n) is 3.38. The summed E-state index contributed by atoms with van der Waals surface area (Å²) in [6.07, 6.45) is 1.59. The van der Waals surface area contributed by atoms with Crippen molar-refractivity contribution in [3.8, 4) is 11.5 Å². The van der Waals surface area contributed by atoms with Crippen molar-refractivity contribution in [3.63, 3.8) is 0 Å². The van der Waals surface area contributed by atoms with Crippen molar-refractivity contribution in [2.24, 2.45) is 0 Å². The van der Waals surface area contributed by atoms with Crippen molar-refractivity contribution in [2.45, 2.75) is 13.2 Å². The zero-order valence-electron chi connectivity index (χ0n) is 18.0. The fraction of sp³-hybridized carbons (Fsp3) is 0.120. The van der Waals surface area contributed by atoms with Gasteiger partial charge in [-0.2, -0.15) is 0 Å². The molecule has 0 unspecified atom stereocenters. The smallest absolute Gasteiger partial charge is 0.329 e. The Morgan fingerprint density at radius 2 is 1.79 bits per heavy atom. The number of nitrogens with one attached hydrogen (secondary N) is 1. The maximum absolute atomic E-state index is 12.9. The van der Waals surface area contributed by atoms with E-state index in [0.717, 1.165) is 16.0 Å². The summed E-state index contributed by atoms with van der Waals surface area (Å²) in [5.74, 6) is 0.535. The van der Waals surface area contributed by atoms with E-state index in [1.54, 1.807) is 48.5 Å². The molecule has 0 aliphatic carbocycles. The average molecular weight is 562 g/mol. The van der Waals surface area contributed by atoms with E-state index in [-0.39, 0.29) is 18.8 Å². The van der Waals surface area contributed by atoms with Crippen molar-refractivity contribution in [1.29, 1.82) is 0 Å². The van der Waals surface area contributed by atoms with Gasteiger partial charge in [0.05, 0.1) is 18.1 Å². The second kappa shape index (κ2) is 10.5. The average Bonchev–Trinajstić information content (AvgIpc) is 3.07. The lowest BCUT2D eigenvalue weighted by atomic mass is 10.1. The molecule has 0 bridgehead atoms. The highest BCUT2D eigenvalue weighted by atomic mass is 79.9. The lowest BCUT2D eigenvalue weighted by molar-refractivity contribution is -0.123. The molecule has 174 valence electrons. The summed E-state index contributed by atoms with van der Waals surface area (Å²) in [5, 5.41) is 3.82. The van der Waals surface area contributed by atoms with Crippen molar-refractivity contribution < 1.29 is 19.1 Å². The van der Waals surface area contributed by atoms with Crippen molar-refractivity contribution in [1.82, 2.24) is 10.2 Å². The third-order valence-corrected chi connectivity index (χ3v) is 6.32. The van der Waals surface area contributed by atoms with Gasteiger partial charge in [0.25, 0.3) is 5.91 Å². The van der Waals surface area contributed by atoms with Crippen LogP contribution in [0.1, 0.15) is 16.7 Å². The summed E-state index contributed by atoms with van der Waals surface area (Å²) in [6, 6.07) is 17.4. The molecule has 1 N–H and O–H groups in total. The van der Waals surface area contributed by atoms with Gasteiger partial charge in [-0.15, -0.1) is 0 Å². The number of halogens is 3. The first kappa shape index (κ1) is 24.1. The molecular formula is C25H19BrCl2N2O4. The summed E-state index contributed by atoms with van der Waals surface area (Å²) in [5.41, 5.74) is 2.44. The minimum absolute atomic E-state index is 0.140. The van der Waals surface area contributed by atoms with Crippen molar-refractivity contribution >= 4 is 57.1 Å². The van der Waals surface area contributed by atoms with Crippen molar-refractivity contribution in [3.05, 3.63) is 97.6 Å². The minimum atomic E-state index is -0.489. The Kier molecular flexibility index (Phi) is 7.46. The van der Waals surface area contributed by atoms with Crippen LogP contribution in [0, 0.1) is 0 Å². The normalized spacial score (nSPS) is 14.5. The summed E-state index contributed by atoms with van der Waals surface area (Å²) in [4.78, 5) is 26.4. The lowest BCUT2D eigenvalue weighted by Crippen LogP contribution is -2.30. The topological polar surface area (TPSA) is 67.9 Å². The predicted molar refractivity (Wildman–Crippen MR) is 135 cm³/mol. The number of imide groups is 1. The SMILES string of the molecule is COc1cc(/C=C2/NC(=O)N(Cc3ccc(Cl)cc3)C2=O)cc(Br)c1OCc1ccccc1Cl. The molecule has 0 radical (unpaired) electrons. The van der Waals surface area contributed by atoms with E-state index in [9.17, 15) is 9.59 Å². The molecule has 4 rings (SSSR count). The van der Waals surface area contributed by atoms with Crippen LogP contribution in [0.15, 0.2) is 70.8 Å². The highest BCUT2D eigenvalue weighted by molar-refractivity contribution is 9.10. The first-order chi connectivity index (χ1) is 16.4. The summed E-state index contributed by atoms with van der Waals surface area (Å²) in [7, 11) is 1.53. The first-order valence-electron chi connectivity index (χ1n) is 10.2. The van der Waals surface area contributed by atoms with Gasteiger partial charge in [0.15, 0.2) is 11.5 Å². The molecule has 1 aliphatic heterocycles. The van der Waals surface area contributed by atoms with Crippen LogP contribution < -0.4 is 14.8 Å². The van der Waals surface area contributed by atoms with Crippen LogP contribution >= 0.6 is 39.1 Å². The van der Waals surface area contributed by atoms with Crippen LogP contribution in [0.4, 0.5) is 4.79 Å². The number of amides is 3. The number of carbonyl (C=O) groups excluding carboxylic acids is 2. The van der Waals surface area contributed by atoms with Gasteiger partial charge in [-0.3, -0.25) is 9.69 Å². The number of ether oxygens (including phenoxy) is 2. The largest absolute Gasteiger partial charge is 0.493 e. The van der Waals surface area contributed by atoms with Crippen LogP contribution in [0.3, 0.4) is 0 Å². The lowest BCUT2D eigenvalue weighted by Gasteiger charge is -2.14. The number of urea groups is 1. The number of hydrogen-bond donors (Lipinski definition) is 1. The number of hydrogen-bond acceptors (Lipinski definition) is 4. The minimum Gasteiger partial charge on any atom is -0.493 e. The molecule has 1 saturated heterocycles. The van der Waals surface area contributed by atoms with Gasteiger partial charge in [-0.25, -0.2) is 4.79 Å². The standard InChI is InChI=1S/C25H19BrCl2N2O4/c1-33-22-12-16(10-19(26)23(22)34-14-17-4-2-3-5-20(17)28)11-21-24(31)30(25(32)29-21)13-15-6-8-18(27)9-7-15/h2-12H,13-14H2,1H3,(H,29,32)/b21-11+. The Morgan fingerprint density at radius 1 is 1.06 bits per heavy atom. The molecule has 0 saturated carbocycles. The van der Waals surface area contributed by atoms with Gasteiger partial charge in [-0.1, -0.05) is 53.5 Å². The molecule has 3 amide bonds. The van der Waals surface area contributed by atoms with Crippen LogP contribution in [-0.2, 0) is 17.9 Å². The van der Waals surface area contributed by atoms with Crippen LogP contribution in [0.5, 0.6) is 11.5 Å². The monoisotopic (exact) mass is 560 g/mol.